The van der Waals surface area contributed by atoms with Gasteiger partial charge in [-0.25, -0.2) is 4.99 Å². The Morgan fingerprint density at radius 1 is 1.19 bits per heavy atom. The fraction of sp³-hybridized carbons (Fsp3) is 0.294. The molecule has 2 aromatic carbocycles. The number of nitrogens with one attached hydrogen (secondary N) is 1. The summed E-state index contributed by atoms with van der Waals surface area (Å²) in [6, 6.07) is 16.0. The van der Waals surface area contributed by atoms with Crippen molar-refractivity contribution in [1.29, 1.82) is 5.26 Å². The molecule has 1 N–H and O–H groups in total. The fourth-order valence-corrected chi connectivity index (χ4v) is 2.50. The van der Waals surface area contributed by atoms with Gasteiger partial charge in [-0.1, -0.05) is 36.4 Å². The quantitative estimate of drug-likeness (QED) is 0.940. The van der Waals surface area contributed by atoms with Gasteiger partial charge in [0.2, 0.25) is 5.90 Å². The lowest BCUT2D eigenvalue weighted by molar-refractivity contribution is 0.157. The van der Waals surface area contributed by atoms with Gasteiger partial charge in [-0.2, -0.15) is 5.26 Å². The van der Waals surface area contributed by atoms with Crippen LogP contribution in [0.5, 0.6) is 0 Å². The number of nitriles is 1. The lowest BCUT2D eigenvalue weighted by Crippen LogP contribution is -2.41. The van der Waals surface area contributed by atoms with Gasteiger partial charge in [0.15, 0.2) is 12.3 Å². The highest BCUT2D eigenvalue weighted by Crippen LogP contribution is 2.24. The van der Waals surface area contributed by atoms with Crippen molar-refractivity contribution in [1.82, 2.24) is 5.32 Å². The first kappa shape index (κ1) is 13.6. The Hall–Kier alpha value is -2.38. The second-order valence-electron chi connectivity index (χ2n) is 5.39. The van der Waals surface area contributed by atoms with E-state index in [2.05, 4.69) is 28.5 Å². The largest absolute Gasteiger partial charge is 0.455 e. The van der Waals surface area contributed by atoms with Crippen LogP contribution in [0.4, 0.5) is 0 Å². The molecule has 4 nitrogen and oxygen atoms in total. The van der Waals surface area contributed by atoms with Crippen LogP contribution in [0.15, 0.2) is 47.5 Å². The normalized spacial score (nSPS) is 21.1. The van der Waals surface area contributed by atoms with E-state index in [4.69, 9.17) is 4.74 Å². The molecule has 0 bridgehead atoms. The Bertz CT molecular complexity index is 725. The fourth-order valence-electron chi connectivity index (χ4n) is 2.50. The van der Waals surface area contributed by atoms with Gasteiger partial charge < -0.3 is 4.74 Å². The Morgan fingerprint density at radius 2 is 1.95 bits per heavy atom. The zero-order valence-electron chi connectivity index (χ0n) is 12.1. The minimum atomic E-state index is -0.513. The lowest BCUT2D eigenvalue weighted by Gasteiger charge is -2.18. The van der Waals surface area contributed by atoms with Crippen LogP contribution in [0.25, 0.3) is 10.8 Å². The van der Waals surface area contributed by atoms with Crippen LogP contribution in [0.1, 0.15) is 19.4 Å². The van der Waals surface area contributed by atoms with Crippen LogP contribution in [-0.4, -0.2) is 24.2 Å². The van der Waals surface area contributed by atoms with Crippen molar-refractivity contribution in [3.8, 4) is 6.07 Å². The van der Waals surface area contributed by atoms with Gasteiger partial charge in [0.1, 0.15) is 0 Å². The highest BCUT2D eigenvalue weighted by atomic mass is 16.5. The van der Waals surface area contributed by atoms with E-state index < -0.39 is 6.04 Å². The van der Waals surface area contributed by atoms with Gasteiger partial charge in [0.25, 0.3) is 0 Å². The maximum atomic E-state index is 9.25. The number of nitrogens with zero attached hydrogens (tertiary/aromatic N) is 2. The van der Waals surface area contributed by atoms with E-state index in [1.165, 1.54) is 0 Å². The molecule has 0 saturated heterocycles. The molecule has 0 fully saturated rings. The van der Waals surface area contributed by atoms with Crippen molar-refractivity contribution in [2.45, 2.75) is 32.2 Å². The van der Waals surface area contributed by atoms with Crippen molar-refractivity contribution in [2.24, 2.45) is 4.99 Å². The van der Waals surface area contributed by atoms with Crippen LogP contribution < -0.4 is 5.32 Å². The summed E-state index contributed by atoms with van der Waals surface area (Å²) in [5.41, 5.74) is 0.932. The second-order valence-corrected chi connectivity index (χ2v) is 5.39. The first-order chi connectivity index (χ1) is 10.2. The molecule has 4 heteroatoms. The maximum absolute atomic E-state index is 9.25. The molecule has 2 aromatic rings. The van der Waals surface area contributed by atoms with Gasteiger partial charge in [-0.15, -0.1) is 0 Å². The van der Waals surface area contributed by atoms with Gasteiger partial charge in [-0.05, 0) is 30.7 Å². The summed E-state index contributed by atoms with van der Waals surface area (Å²) in [6.07, 6.45) is -0.385. The number of hydrogen-bond donors (Lipinski definition) is 1. The smallest absolute Gasteiger partial charge is 0.219 e. The molecule has 0 aromatic heterocycles. The topological polar surface area (TPSA) is 57.4 Å². The first-order valence-corrected chi connectivity index (χ1v) is 7.07. The third kappa shape index (κ3) is 2.61. The van der Waals surface area contributed by atoms with Crippen LogP contribution in [0.3, 0.4) is 0 Å². The van der Waals surface area contributed by atoms with E-state index in [-0.39, 0.29) is 12.3 Å². The molecule has 1 heterocycles. The summed E-state index contributed by atoms with van der Waals surface area (Å²) >= 11 is 0. The van der Waals surface area contributed by atoms with E-state index in [9.17, 15) is 5.26 Å². The molecule has 1 aliphatic rings. The van der Waals surface area contributed by atoms with Crippen LogP contribution >= 0.6 is 0 Å². The molecule has 21 heavy (non-hydrogen) atoms. The van der Waals surface area contributed by atoms with E-state index >= 15 is 0 Å². The number of ether oxygens (including phenoxy) is 1. The van der Waals surface area contributed by atoms with Gasteiger partial charge in [0, 0.05) is 11.6 Å². The molecule has 0 amide bonds. The standard InChI is InChI=1S/C17H17N3O/c1-11(2)19-17-15(10-18)20-16(21-17)14-9-5-7-12-6-3-4-8-13(12)14/h3-9,11,15,17,19H,1-2H3. The molecule has 0 aliphatic carbocycles. The molecular weight excluding hydrogens is 262 g/mol. The summed E-state index contributed by atoms with van der Waals surface area (Å²) in [7, 11) is 0. The van der Waals surface area contributed by atoms with Crippen molar-refractivity contribution in [3.63, 3.8) is 0 Å². The molecule has 3 rings (SSSR count). The predicted molar refractivity (Wildman–Crippen MR) is 83.0 cm³/mol. The molecular formula is C17H17N3O. The van der Waals surface area contributed by atoms with E-state index in [1.807, 2.05) is 44.2 Å². The Labute approximate surface area is 124 Å². The molecule has 2 unspecified atom stereocenters. The highest BCUT2D eigenvalue weighted by molar-refractivity contribution is 6.07. The summed E-state index contributed by atoms with van der Waals surface area (Å²) in [5, 5.41) is 14.7. The van der Waals surface area contributed by atoms with Crippen molar-refractivity contribution in [2.75, 3.05) is 0 Å². The van der Waals surface area contributed by atoms with Crippen molar-refractivity contribution in [3.05, 3.63) is 48.0 Å². The number of fused-ring (bicyclic) bond motifs is 1. The van der Waals surface area contributed by atoms with E-state index in [1.54, 1.807) is 0 Å². The average Bonchev–Trinajstić information content (AvgIpc) is 2.88. The van der Waals surface area contributed by atoms with E-state index in [0.29, 0.717) is 5.90 Å². The lowest BCUT2D eigenvalue weighted by atomic mass is 10.0. The van der Waals surface area contributed by atoms with Gasteiger partial charge >= 0.3 is 0 Å². The Balaban J connectivity index is 1.99. The highest BCUT2D eigenvalue weighted by Gasteiger charge is 2.32. The zero-order chi connectivity index (χ0) is 14.8. The summed E-state index contributed by atoms with van der Waals surface area (Å²) in [6.45, 7) is 4.04. The number of aliphatic imine (C=N–C) groups is 1. The van der Waals surface area contributed by atoms with Crippen LogP contribution in [0.2, 0.25) is 0 Å². The molecule has 0 radical (unpaired) electrons. The minimum absolute atomic E-state index is 0.230. The third-order valence-corrected chi connectivity index (χ3v) is 3.43. The maximum Gasteiger partial charge on any atom is 0.219 e. The molecule has 1 aliphatic heterocycles. The third-order valence-electron chi connectivity index (χ3n) is 3.43. The van der Waals surface area contributed by atoms with Crippen molar-refractivity contribution >= 4 is 16.7 Å². The molecule has 2 atom stereocenters. The first-order valence-electron chi connectivity index (χ1n) is 7.07. The number of rotatable bonds is 3. The minimum Gasteiger partial charge on any atom is -0.455 e. The van der Waals surface area contributed by atoms with E-state index in [0.717, 1.165) is 16.3 Å². The Morgan fingerprint density at radius 3 is 2.71 bits per heavy atom. The van der Waals surface area contributed by atoms with Gasteiger partial charge in [0.05, 0.1) is 6.07 Å². The van der Waals surface area contributed by atoms with Crippen LogP contribution in [-0.2, 0) is 4.74 Å². The molecule has 106 valence electrons. The average molecular weight is 279 g/mol. The summed E-state index contributed by atoms with van der Waals surface area (Å²) in [5.74, 6) is 0.538. The zero-order valence-corrected chi connectivity index (χ0v) is 12.1. The van der Waals surface area contributed by atoms with Gasteiger partial charge in [-0.3, -0.25) is 5.32 Å². The summed E-state index contributed by atoms with van der Waals surface area (Å²) in [4.78, 5) is 4.43. The second kappa shape index (κ2) is 5.55. The molecule has 0 saturated carbocycles. The Kier molecular flexibility index (Phi) is 3.59. The van der Waals surface area contributed by atoms with Crippen molar-refractivity contribution < 1.29 is 4.74 Å². The number of hydrogen-bond acceptors (Lipinski definition) is 4. The number of benzene rings is 2. The van der Waals surface area contributed by atoms with Crippen LogP contribution in [0, 0.1) is 11.3 Å². The predicted octanol–water partition coefficient (Wildman–Crippen LogP) is 2.83. The SMILES string of the molecule is CC(C)NC1OC(c2cccc3ccccc23)=NC1C#N. The monoisotopic (exact) mass is 279 g/mol. The summed E-state index contributed by atoms with van der Waals surface area (Å²) < 4.78 is 5.89. The molecule has 0 spiro atoms.